The van der Waals surface area contributed by atoms with Crippen LogP contribution in [0.2, 0.25) is 0 Å². The van der Waals surface area contributed by atoms with Crippen LogP contribution in [0, 0.1) is 0 Å². The van der Waals surface area contributed by atoms with Crippen molar-refractivity contribution in [1.29, 1.82) is 0 Å². The topological polar surface area (TPSA) is 37.2 Å². The van der Waals surface area contributed by atoms with E-state index in [4.69, 9.17) is 0 Å². The molecule has 1 N–H and O–H groups in total. The van der Waals surface area contributed by atoms with Gasteiger partial charge in [-0.05, 0) is 12.5 Å². The van der Waals surface area contributed by atoms with Crippen LogP contribution in [0.1, 0.15) is 36.6 Å². The fourth-order valence-corrected chi connectivity index (χ4v) is 3.70. The molecule has 1 aliphatic carbocycles. The number of aromatic nitrogens is 1. The molecule has 0 saturated heterocycles. The summed E-state index contributed by atoms with van der Waals surface area (Å²) in [6.07, 6.45) is 3.80. The molecular formula is C13H15LiNOS+. The summed E-state index contributed by atoms with van der Waals surface area (Å²) in [6.45, 7) is 0. The number of H-pyrrole nitrogens is 1. The van der Waals surface area contributed by atoms with Gasteiger partial charge in [0.05, 0.1) is 0 Å². The van der Waals surface area contributed by atoms with Crippen molar-refractivity contribution in [3.63, 3.8) is 0 Å². The van der Waals surface area contributed by atoms with E-state index >= 15 is 0 Å². The summed E-state index contributed by atoms with van der Waals surface area (Å²) < 4.78 is 1.26. The Hall–Kier alpha value is -0.333. The predicted molar refractivity (Wildman–Crippen MR) is 63.4 cm³/mol. The molecule has 1 aliphatic rings. The molecule has 1 saturated carbocycles. The molecule has 0 bridgehead atoms. The molecule has 2 nitrogen and oxygen atoms in total. The molecule has 84 valence electrons. The summed E-state index contributed by atoms with van der Waals surface area (Å²) in [4.78, 5) is 3.41. The van der Waals surface area contributed by atoms with Crippen LogP contribution in [0.5, 0.6) is 0 Å². The Balaban J connectivity index is 0.00000108. The number of nitrogens with one attached hydrogen (secondary N) is 1. The maximum absolute atomic E-state index is 11.9. The molecule has 1 aromatic carbocycles. The van der Waals surface area contributed by atoms with Gasteiger partial charge in [-0.15, -0.1) is 6.10 Å². The van der Waals surface area contributed by atoms with Crippen molar-refractivity contribution in [2.75, 3.05) is 0 Å². The first-order chi connectivity index (χ1) is 7.84. The molecule has 1 heterocycles. The maximum atomic E-state index is 11.9. The fraction of sp³-hybridized carbons (Fsp3) is 0.462. The van der Waals surface area contributed by atoms with Gasteiger partial charge in [-0.25, -0.2) is 0 Å². The summed E-state index contributed by atoms with van der Waals surface area (Å²) in [5.74, 6) is 0.214. The van der Waals surface area contributed by atoms with Crippen LogP contribution in [-0.4, -0.2) is 6.10 Å². The first-order valence-electron chi connectivity index (χ1n) is 5.91. The van der Waals surface area contributed by atoms with Gasteiger partial charge in [0.15, 0.2) is 0 Å². The maximum Gasteiger partial charge on any atom is 1.00 e. The van der Waals surface area contributed by atoms with E-state index in [9.17, 15) is 5.11 Å². The Labute approximate surface area is 117 Å². The zero-order chi connectivity index (χ0) is 11.0. The second-order valence-corrected chi connectivity index (χ2v) is 5.60. The van der Waals surface area contributed by atoms with Crippen LogP contribution in [-0.2, 0) is 0 Å². The average molecular weight is 240 g/mol. The monoisotopic (exact) mass is 240 g/mol. The molecule has 0 aliphatic heterocycles. The molecule has 0 spiro atoms. The third-order valence-corrected chi connectivity index (χ3v) is 4.60. The molecular weight excluding hydrogens is 225 g/mol. The number of hydrogen-bond donors (Lipinski definition) is 0. The molecule has 0 amide bonds. The number of benzene rings is 1. The molecule has 4 heteroatoms. The molecule has 3 rings (SSSR count). The van der Waals surface area contributed by atoms with Crippen LogP contribution in [0.15, 0.2) is 24.3 Å². The summed E-state index contributed by atoms with van der Waals surface area (Å²) in [5, 5.41) is 13.1. The van der Waals surface area contributed by atoms with Crippen LogP contribution in [0.3, 0.4) is 0 Å². The SMILES string of the molecule is [Li+].[O-]C1CCCCC1c1[nH+]c2ccccc2s1. The van der Waals surface area contributed by atoms with Gasteiger partial charge in [0.2, 0.25) is 10.5 Å². The van der Waals surface area contributed by atoms with Crippen LogP contribution in [0.4, 0.5) is 0 Å². The van der Waals surface area contributed by atoms with Crippen molar-refractivity contribution in [1.82, 2.24) is 0 Å². The van der Waals surface area contributed by atoms with Crippen LogP contribution in [0.25, 0.3) is 10.2 Å². The van der Waals surface area contributed by atoms with Crippen molar-refractivity contribution in [3.05, 3.63) is 29.3 Å². The summed E-state index contributed by atoms with van der Waals surface area (Å²) in [5.41, 5.74) is 1.17. The Kier molecular flexibility index (Phi) is 4.27. The minimum absolute atomic E-state index is 0. The third-order valence-electron chi connectivity index (χ3n) is 3.40. The normalized spacial score (nSPS) is 24.5. The van der Waals surface area contributed by atoms with Crippen molar-refractivity contribution in [2.24, 2.45) is 0 Å². The van der Waals surface area contributed by atoms with Crippen LogP contribution >= 0.6 is 11.3 Å². The van der Waals surface area contributed by atoms with Gasteiger partial charge < -0.3 is 5.11 Å². The van der Waals surface area contributed by atoms with E-state index in [1.54, 1.807) is 11.3 Å². The summed E-state index contributed by atoms with van der Waals surface area (Å²) >= 11 is 1.75. The molecule has 0 radical (unpaired) electrons. The van der Waals surface area contributed by atoms with Gasteiger partial charge in [-0.1, -0.05) is 42.7 Å². The van der Waals surface area contributed by atoms with E-state index in [1.807, 2.05) is 12.1 Å². The Morgan fingerprint density at radius 3 is 2.71 bits per heavy atom. The molecule has 2 atom stereocenters. The van der Waals surface area contributed by atoms with E-state index in [2.05, 4.69) is 17.1 Å². The number of fused-ring (bicyclic) bond motifs is 1. The van der Waals surface area contributed by atoms with E-state index in [0.29, 0.717) is 0 Å². The number of thiazole rings is 1. The van der Waals surface area contributed by atoms with E-state index in [0.717, 1.165) is 19.3 Å². The zero-order valence-electron chi connectivity index (χ0n) is 10.1. The van der Waals surface area contributed by atoms with Crippen molar-refractivity contribution in [2.45, 2.75) is 37.7 Å². The van der Waals surface area contributed by atoms with Gasteiger partial charge in [-0.2, -0.15) is 4.98 Å². The van der Waals surface area contributed by atoms with E-state index < -0.39 is 6.10 Å². The van der Waals surface area contributed by atoms with Gasteiger partial charge in [0.1, 0.15) is 4.70 Å². The summed E-state index contributed by atoms with van der Waals surface area (Å²) in [6, 6.07) is 8.28. The van der Waals surface area contributed by atoms with E-state index in [-0.39, 0.29) is 24.8 Å². The van der Waals surface area contributed by atoms with Crippen LogP contribution < -0.4 is 29.0 Å². The first kappa shape index (κ1) is 13.1. The predicted octanol–water partition coefficient (Wildman–Crippen LogP) is -0.894. The minimum atomic E-state index is -0.405. The zero-order valence-corrected chi connectivity index (χ0v) is 10.9. The number of hydrogen-bond acceptors (Lipinski definition) is 2. The molecule has 1 aromatic heterocycles. The smallest absolute Gasteiger partial charge is 0.851 e. The Morgan fingerprint density at radius 2 is 1.94 bits per heavy atom. The standard InChI is InChI=1S/C13H14NOS.Li/c15-11-7-3-1-5-9(11)13-14-10-6-2-4-8-12(10)16-13;/h2,4,6,8-9,11H,1,3,5,7H2;/q-1;+1/p+1. The minimum Gasteiger partial charge on any atom is -0.851 e. The first-order valence-corrected chi connectivity index (χ1v) is 6.73. The largest absolute Gasteiger partial charge is 1.00 e. The van der Waals surface area contributed by atoms with Crippen molar-refractivity contribution in [3.8, 4) is 0 Å². The second-order valence-electron chi connectivity index (χ2n) is 4.52. The fourth-order valence-electron chi connectivity index (χ4n) is 2.50. The number of aromatic amines is 1. The molecule has 2 aromatic rings. The average Bonchev–Trinajstić information content (AvgIpc) is 2.73. The molecule has 2 unspecified atom stereocenters. The Bertz CT molecular complexity index is 466. The quantitative estimate of drug-likeness (QED) is 0.596. The van der Waals surface area contributed by atoms with Crippen molar-refractivity contribution < 1.29 is 29.0 Å². The van der Waals surface area contributed by atoms with Gasteiger partial charge >= 0.3 is 18.9 Å². The number of rotatable bonds is 1. The summed E-state index contributed by atoms with van der Waals surface area (Å²) in [7, 11) is 0. The Morgan fingerprint density at radius 1 is 1.18 bits per heavy atom. The van der Waals surface area contributed by atoms with E-state index in [1.165, 1.54) is 21.6 Å². The van der Waals surface area contributed by atoms with Gasteiger partial charge in [-0.3, -0.25) is 0 Å². The molecule has 17 heavy (non-hydrogen) atoms. The van der Waals surface area contributed by atoms with Gasteiger partial charge in [0, 0.05) is 12.0 Å². The van der Waals surface area contributed by atoms with Gasteiger partial charge in [0.25, 0.3) is 0 Å². The second kappa shape index (κ2) is 5.54. The van der Waals surface area contributed by atoms with Crippen molar-refractivity contribution >= 4 is 21.6 Å². The number of para-hydroxylation sites is 1. The molecule has 1 fully saturated rings. The third kappa shape index (κ3) is 2.58.